The molecule has 2 aromatic carbocycles. The van der Waals surface area contributed by atoms with E-state index in [2.05, 4.69) is 5.32 Å². The van der Waals surface area contributed by atoms with Crippen LogP contribution < -0.4 is 5.32 Å². The highest BCUT2D eigenvalue weighted by atomic mass is 35.5. The Balaban J connectivity index is 1.56. The molecule has 0 saturated carbocycles. The largest absolute Gasteiger partial charge is 0.342 e. The minimum Gasteiger partial charge on any atom is -0.342 e. The molecule has 4 nitrogen and oxygen atoms in total. The van der Waals surface area contributed by atoms with Crippen LogP contribution in [-0.2, 0) is 16.0 Å². The lowest BCUT2D eigenvalue weighted by Crippen LogP contribution is -2.30. The Kier molecular flexibility index (Phi) is 5.34. The minimum atomic E-state index is -0.410. The first kappa shape index (κ1) is 17.4. The van der Waals surface area contributed by atoms with Gasteiger partial charge in [-0.1, -0.05) is 35.9 Å². The number of anilines is 1. The van der Waals surface area contributed by atoms with Crippen molar-refractivity contribution >= 4 is 29.1 Å². The monoisotopic (exact) mass is 360 g/mol. The second kappa shape index (κ2) is 7.66. The van der Waals surface area contributed by atoms with Gasteiger partial charge >= 0.3 is 0 Å². The van der Waals surface area contributed by atoms with E-state index < -0.39 is 5.92 Å². The number of likely N-dealkylation sites (tertiary alicyclic amines) is 1. The van der Waals surface area contributed by atoms with Gasteiger partial charge in [-0.15, -0.1) is 0 Å². The average molecular weight is 361 g/mol. The van der Waals surface area contributed by atoms with Gasteiger partial charge in [0.1, 0.15) is 5.82 Å². The van der Waals surface area contributed by atoms with Gasteiger partial charge in [0.25, 0.3) is 0 Å². The summed E-state index contributed by atoms with van der Waals surface area (Å²) in [4.78, 5) is 26.1. The Morgan fingerprint density at radius 3 is 2.80 bits per heavy atom. The highest BCUT2D eigenvalue weighted by Gasteiger charge is 2.34. The van der Waals surface area contributed by atoms with Gasteiger partial charge in [-0.3, -0.25) is 9.59 Å². The van der Waals surface area contributed by atoms with Crippen LogP contribution >= 0.6 is 11.6 Å². The third-order valence-electron chi connectivity index (χ3n) is 4.29. The van der Waals surface area contributed by atoms with Gasteiger partial charge in [0, 0.05) is 30.2 Å². The Bertz CT molecular complexity index is 796. The van der Waals surface area contributed by atoms with Crippen molar-refractivity contribution in [3.8, 4) is 0 Å². The molecule has 1 atom stereocenters. The molecule has 1 heterocycles. The van der Waals surface area contributed by atoms with Crippen molar-refractivity contribution in [2.24, 2.45) is 5.92 Å². The van der Waals surface area contributed by atoms with Crippen LogP contribution in [0.2, 0.25) is 5.02 Å². The lowest BCUT2D eigenvalue weighted by atomic mass is 10.1. The van der Waals surface area contributed by atoms with Crippen molar-refractivity contribution in [3.05, 3.63) is 64.9 Å². The Hall–Kier alpha value is -2.40. The second-order valence-electron chi connectivity index (χ2n) is 6.08. The molecule has 1 aliphatic rings. The first-order chi connectivity index (χ1) is 12.0. The molecular weight excluding hydrogens is 343 g/mol. The SMILES string of the molecule is O=C(Nc1cccc(Cl)c1)C1CC(=O)N(CCc2ccccc2F)C1. The summed E-state index contributed by atoms with van der Waals surface area (Å²) < 4.78 is 13.7. The zero-order chi connectivity index (χ0) is 17.8. The molecule has 0 radical (unpaired) electrons. The van der Waals surface area contributed by atoms with Crippen LogP contribution in [0.25, 0.3) is 0 Å². The van der Waals surface area contributed by atoms with Gasteiger partial charge in [-0.05, 0) is 36.2 Å². The van der Waals surface area contributed by atoms with E-state index in [1.807, 2.05) is 0 Å². The number of nitrogens with zero attached hydrogens (tertiary/aromatic N) is 1. The number of hydrogen-bond donors (Lipinski definition) is 1. The topological polar surface area (TPSA) is 49.4 Å². The van der Waals surface area contributed by atoms with Crippen LogP contribution in [0.4, 0.5) is 10.1 Å². The zero-order valence-corrected chi connectivity index (χ0v) is 14.3. The molecule has 1 saturated heterocycles. The van der Waals surface area contributed by atoms with E-state index in [0.717, 1.165) is 0 Å². The van der Waals surface area contributed by atoms with Gasteiger partial charge < -0.3 is 10.2 Å². The van der Waals surface area contributed by atoms with Gasteiger partial charge in [0.05, 0.1) is 5.92 Å². The molecule has 0 bridgehead atoms. The van der Waals surface area contributed by atoms with E-state index in [4.69, 9.17) is 11.6 Å². The molecule has 1 unspecified atom stereocenters. The summed E-state index contributed by atoms with van der Waals surface area (Å²) in [5.74, 6) is -0.969. The molecule has 25 heavy (non-hydrogen) atoms. The van der Waals surface area contributed by atoms with Crippen LogP contribution in [0.1, 0.15) is 12.0 Å². The summed E-state index contributed by atoms with van der Waals surface area (Å²) in [5, 5.41) is 3.32. The van der Waals surface area contributed by atoms with Gasteiger partial charge in [-0.25, -0.2) is 4.39 Å². The van der Waals surface area contributed by atoms with Crippen molar-refractivity contribution in [1.82, 2.24) is 4.90 Å². The number of rotatable bonds is 5. The quantitative estimate of drug-likeness (QED) is 0.887. The lowest BCUT2D eigenvalue weighted by Gasteiger charge is -2.17. The molecule has 0 aromatic heterocycles. The highest BCUT2D eigenvalue weighted by Crippen LogP contribution is 2.22. The Morgan fingerprint density at radius 2 is 2.04 bits per heavy atom. The highest BCUT2D eigenvalue weighted by molar-refractivity contribution is 6.30. The van der Waals surface area contributed by atoms with Crippen LogP contribution in [-0.4, -0.2) is 29.8 Å². The summed E-state index contributed by atoms with van der Waals surface area (Å²) in [7, 11) is 0. The minimum absolute atomic E-state index is 0.0809. The van der Waals surface area contributed by atoms with Gasteiger partial charge in [0.2, 0.25) is 11.8 Å². The van der Waals surface area contributed by atoms with Crippen molar-refractivity contribution in [2.75, 3.05) is 18.4 Å². The van der Waals surface area contributed by atoms with Crippen molar-refractivity contribution in [3.63, 3.8) is 0 Å². The van der Waals surface area contributed by atoms with Crippen LogP contribution in [0.3, 0.4) is 0 Å². The number of carbonyl (C=O) groups is 2. The summed E-state index contributed by atoms with van der Waals surface area (Å²) >= 11 is 5.90. The maximum atomic E-state index is 13.7. The van der Waals surface area contributed by atoms with E-state index in [-0.39, 0.29) is 24.1 Å². The van der Waals surface area contributed by atoms with Crippen molar-refractivity contribution in [1.29, 1.82) is 0 Å². The first-order valence-corrected chi connectivity index (χ1v) is 8.48. The molecule has 0 spiro atoms. The van der Waals surface area contributed by atoms with E-state index in [0.29, 0.717) is 35.8 Å². The molecule has 3 rings (SSSR count). The number of halogens is 2. The molecule has 1 N–H and O–H groups in total. The zero-order valence-electron chi connectivity index (χ0n) is 13.5. The summed E-state index contributed by atoms with van der Waals surface area (Å²) in [6, 6.07) is 13.4. The van der Waals surface area contributed by atoms with Crippen molar-refractivity contribution < 1.29 is 14.0 Å². The third kappa shape index (κ3) is 4.37. The molecular formula is C19H18ClFN2O2. The number of benzene rings is 2. The van der Waals surface area contributed by atoms with Crippen LogP contribution in [0, 0.1) is 11.7 Å². The molecule has 0 aliphatic carbocycles. The maximum absolute atomic E-state index is 13.7. The summed E-state index contributed by atoms with van der Waals surface area (Å²) in [5.41, 5.74) is 1.18. The standard InChI is InChI=1S/C19H18ClFN2O2/c20-15-5-3-6-16(11-15)22-19(25)14-10-18(24)23(12-14)9-8-13-4-1-2-7-17(13)21/h1-7,11,14H,8-10,12H2,(H,22,25). The van der Waals surface area contributed by atoms with Crippen molar-refractivity contribution in [2.45, 2.75) is 12.8 Å². The van der Waals surface area contributed by atoms with E-state index in [1.165, 1.54) is 6.07 Å². The van der Waals surface area contributed by atoms with E-state index in [1.54, 1.807) is 47.4 Å². The number of amides is 2. The molecule has 6 heteroatoms. The molecule has 1 fully saturated rings. The number of hydrogen-bond acceptors (Lipinski definition) is 2. The predicted octanol–water partition coefficient (Wildman–Crippen LogP) is 3.51. The molecule has 130 valence electrons. The fraction of sp³-hybridized carbons (Fsp3) is 0.263. The maximum Gasteiger partial charge on any atom is 0.229 e. The normalized spacial score (nSPS) is 17.0. The lowest BCUT2D eigenvalue weighted by molar-refractivity contribution is -0.128. The Morgan fingerprint density at radius 1 is 1.24 bits per heavy atom. The predicted molar refractivity (Wildman–Crippen MR) is 94.9 cm³/mol. The fourth-order valence-corrected chi connectivity index (χ4v) is 3.12. The molecule has 2 aromatic rings. The number of nitrogens with one attached hydrogen (secondary N) is 1. The summed E-state index contributed by atoms with van der Waals surface area (Å²) in [6.07, 6.45) is 0.602. The van der Waals surface area contributed by atoms with Crippen LogP contribution in [0.5, 0.6) is 0 Å². The molecule has 2 amide bonds. The Labute approximate surface area is 150 Å². The number of carbonyl (C=O) groups excluding carboxylic acids is 2. The van der Waals surface area contributed by atoms with E-state index in [9.17, 15) is 14.0 Å². The third-order valence-corrected chi connectivity index (χ3v) is 4.52. The van der Waals surface area contributed by atoms with Gasteiger partial charge in [-0.2, -0.15) is 0 Å². The fourth-order valence-electron chi connectivity index (χ4n) is 2.93. The smallest absolute Gasteiger partial charge is 0.229 e. The van der Waals surface area contributed by atoms with Crippen LogP contribution in [0.15, 0.2) is 48.5 Å². The first-order valence-electron chi connectivity index (χ1n) is 8.10. The second-order valence-corrected chi connectivity index (χ2v) is 6.52. The van der Waals surface area contributed by atoms with E-state index >= 15 is 0 Å². The molecule has 1 aliphatic heterocycles. The average Bonchev–Trinajstić information content (AvgIpc) is 2.95. The van der Waals surface area contributed by atoms with Gasteiger partial charge in [0.15, 0.2) is 0 Å². The summed E-state index contributed by atoms with van der Waals surface area (Å²) in [6.45, 7) is 0.750.